The molecule has 0 aliphatic carbocycles. The van der Waals surface area contributed by atoms with Gasteiger partial charge in [-0.3, -0.25) is 4.79 Å². The number of thioether (sulfide) groups is 1. The Labute approximate surface area is 167 Å². The molecule has 140 valence electrons. The highest BCUT2D eigenvalue weighted by atomic mass is 32.2. The first-order valence-electron chi connectivity index (χ1n) is 8.26. The second-order valence-electron chi connectivity index (χ2n) is 5.86. The summed E-state index contributed by atoms with van der Waals surface area (Å²) in [5, 5.41) is 6.20. The minimum Gasteiger partial charge on any atom is -0.325 e. The number of hydrogen-bond donors (Lipinski definition) is 1. The van der Waals surface area contributed by atoms with Gasteiger partial charge in [0.15, 0.2) is 0 Å². The summed E-state index contributed by atoms with van der Waals surface area (Å²) in [6.45, 7) is 0. The highest BCUT2D eigenvalue weighted by molar-refractivity contribution is 8.00. The van der Waals surface area contributed by atoms with E-state index in [0.29, 0.717) is 10.7 Å². The number of benzene rings is 2. The zero-order chi connectivity index (χ0) is 19.5. The minimum atomic E-state index is -0.360. The van der Waals surface area contributed by atoms with Gasteiger partial charge in [0.25, 0.3) is 0 Å². The number of thiophene rings is 1. The predicted molar refractivity (Wildman–Crippen MR) is 109 cm³/mol. The molecule has 4 rings (SSSR count). The summed E-state index contributed by atoms with van der Waals surface area (Å²) in [5.74, 6) is -0.739. The molecular formula is C20H13F2N3OS2. The zero-order valence-corrected chi connectivity index (χ0v) is 16.0. The summed E-state index contributed by atoms with van der Waals surface area (Å²) < 4.78 is 26.2. The molecule has 2 aromatic carbocycles. The third-order valence-corrected chi connectivity index (χ3v) is 5.83. The molecule has 4 nitrogen and oxygen atoms in total. The molecule has 0 saturated heterocycles. The van der Waals surface area contributed by atoms with Crippen LogP contribution in [0.5, 0.6) is 0 Å². The largest absolute Gasteiger partial charge is 0.325 e. The van der Waals surface area contributed by atoms with Crippen LogP contribution in [-0.4, -0.2) is 21.6 Å². The molecule has 0 unspecified atom stereocenters. The van der Waals surface area contributed by atoms with Crippen molar-refractivity contribution in [2.24, 2.45) is 0 Å². The van der Waals surface area contributed by atoms with Gasteiger partial charge >= 0.3 is 0 Å². The molecule has 0 spiro atoms. The Hall–Kier alpha value is -2.84. The van der Waals surface area contributed by atoms with Crippen molar-refractivity contribution in [1.29, 1.82) is 0 Å². The molecule has 2 aromatic heterocycles. The van der Waals surface area contributed by atoms with Crippen LogP contribution in [0.25, 0.3) is 21.3 Å². The number of nitrogens with one attached hydrogen (secondary N) is 1. The van der Waals surface area contributed by atoms with Crippen molar-refractivity contribution in [2.45, 2.75) is 5.03 Å². The summed E-state index contributed by atoms with van der Waals surface area (Å²) in [6, 6.07) is 11.8. The third kappa shape index (κ3) is 4.02. The molecule has 0 bridgehead atoms. The lowest BCUT2D eigenvalue weighted by Crippen LogP contribution is -2.14. The SMILES string of the molecule is O=C(CSc1ncnc2scc(-c3ccc(F)cc3)c12)Nc1ccc(F)cc1. The van der Waals surface area contributed by atoms with E-state index < -0.39 is 0 Å². The number of carbonyl (C=O) groups is 1. The van der Waals surface area contributed by atoms with Gasteiger partial charge in [0.2, 0.25) is 5.91 Å². The van der Waals surface area contributed by atoms with E-state index in [-0.39, 0.29) is 23.3 Å². The molecule has 8 heteroatoms. The van der Waals surface area contributed by atoms with E-state index in [1.165, 1.54) is 65.8 Å². The number of carbonyl (C=O) groups excluding carboxylic acids is 1. The van der Waals surface area contributed by atoms with E-state index in [2.05, 4.69) is 15.3 Å². The molecule has 4 aromatic rings. The van der Waals surface area contributed by atoms with Crippen molar-refractivity contribution < 1.29 is 13.6 Å². The topological polar surface area (TPSA) is 54.9 Å². The number of rotatable bonds is 5. The number of anilines is 1. The summed E-state index contributed by atoms with van der Waals surface area (Å²) in [7, 11) is 0. The van der Waals surface area contributed by atoms with E-state index in [9.17, 15) is 13.6 Å². The van der Waals surface area contributed by atoms with Crippen LogP contribution in [0.4, 0.5) is 14.5 Å². The molecule has 1 amide bonds. The summed E-state index contributed by atoms with van der Waals surface area (Å²) in [4.78, 5) is 21.7. The maximum atomic E-state index is 13.2. The first-order chi connectivity index (χ1) is 13.6. The molecule has 0 fully saturated rings. The standard InChI is InChI=1S/C20H13F2N3OS2/c21-13-3-1-12(2-4-13)16-9-27-19-18(16)20(24-11-23-19)28-10-17(26)25-15-7-5-14(22)6-8-15/h1-9,11H,10H2,(H,25,26). The number of nitrogens with zero attached hydrogens (tertiary/aromatic N) is 2. The quantitative estimate of drug-likeness (QED) is 0.353. The monoisotopic (exact) mass is 413 g/mol. The summed E-state index contributed by atoms with van der Waals surface area (Å²) in [6.07, 6.45) is 1.47. The van der Waals surface area contributed by atoms with Crippen molar-refractivity contribution in [3.05, 3.63) is 71.9 Å². The fourth-order valence-electron chi connectivity index (χ4n) is 2.66. The molecule has 2 heterocycles. The molecule has 0 radical (unpaired) electrons. The first-order valence-corrected chi connectivity index (χ1v) is 10.1. The van der Waals surface area contributed by atoms with Gasteiger partial charge in [-0.05, 0) is 42.0 Å². The summed E-state index contributed by atoms with van der Waals surface area (Å²) >= 11 is 2.76. The Morgan fingerprint density at radius 3 is 2.39 bits per heavy atom. The van der Waals surface area contributed by atoms with Crippen molar-refractivity contribution in [3.8, 4) is 11.1 Å². The van der Waals surface area contributed by atoms with Crippen LogP contribution >= 0.6 is 23.1 Å². The number of amides is 1. The number of aromatic nitrogens is 2. The van der Waals surface area contributed by atoms with Crippen molar-refractivity contribution in [3.63, 3.8) is 0 Å². The second-order valence-corrected chi connectivity index (χ2v) is 7.68. The van der Waals surface area contributed by atoms with Gasteiger partial charge in [0, 0.05) is 16.6 Å². The molecule has 1 N–H and O–H groups in total. The molecule has 0 saturated carbocycles. The van der Waals surface area contributed by atoms with Gasteiger partial charge in [-0.1, -0.05) is 23.9 Å². The fourth-order valence-corrected chi connectivity index (χ4v) is 4.46. The Bertz CT molecular complexity index is 1130. The third-order valence-electron chi connectivity index (χ3n) is 3.96. The Morgan fingerprint density at radius 1 is 1.00 bits per heavy atom. The lowest BCUT2D eigenvalue weighted by Gasteiger charge is -2.07. The maximum absolute atomic E-state index is 13.2. The van der Waals surface area contributed by atoms with Gasteiger partial charge in [-0.15, -0.1) is 11.3 Å². The molecule has 0 aliphatic heterocycles. The number of fused-ring (bicyclic) bond motifs is 1. The van der Waals surface area contributed by atoms with E-state index >= 15 is 0 Å². The van der Waals surface area contributed by atoms with Crippen molar-refractivity contribution in [2.75, 3.05) is 11.1 Å². The van der Waals surface area contributed by atoms with E-state index in [1.54, 1.807) is 12.1 Å². The average Bonchev–Trinajstić information content (AvgIpc) is 3.13. The Balaban J connectivity index is 1.55. The highest BCUT2D eigenvalue weighted by Crippen LogP contribution is 2.37. The first kappa shape index (κ1) is 18.5. The second kappa shape index (κ2) is 8.04. The molecule has 0 aliphatic rings. The van der Waals surface area contributed by atoms with Crippen LogP contribution in [0.3, 0.4) is 0 Å². The van der Waals surface area contributed by atoms with Crippen molar-refractivity contribution >= 4 is 44.9 Å². The van der Waals surface area contributed by atoms with Crippen LogP contribution in [0.1, 0.15) is 0 Å². The number of hydrogen-bond acceptors (Lipinski definition) is 5. The average molecular weight is 413 g/mol. The molecular weight excluding hydrogens is 400 g/mol. The van der Waals surface area contributed by atoms with Crippen LogP contribution in [0, 0.1) is 11.6 Å². The highest BCUT2D eigenvalue weighted by Gasteiger charge is 2.15. The smallest absolute Gasteiger partial charge is 0.234 e. The van der Waals surface area contributed by atoms with E-state index in [4.69, 9.17) is 0 Å². The lowest BCUT2D eigenvalue weighted by molar-refractivity contribution is -0.113. The van der Waals surface area contributed by atoms with Gasteiger partial charge in [0.1, 0.15) is 27.8 Å². The number of halogens is 2. The van der Waals surface area contributed by atoms with Gasteiger partial charge in [-0.2, -0.15) is 0 Å². The van der Waals surface area contributed by atoms with E-state index in [0.717, 1.165) is 21.3 Å². The van der Waals surface area contributed by atoms with Crippen molar-refractivity contribution in [1.82, 2.24) is 9.97 Å². The lowest BCUT2D eigenvalue weighted by atomic mass is 10.1. The Kier molecular flexibility index (Phi) is 5.31. The van der Waals surface area contributed by atoms with Gasteiger partial charge < -0.3 is 5.32 Å². The van der Waals surface area contributed by atoms with Crippen LogP contribution < -0.4 is 5.32 Å². The van der Waals surface area contributed by atoms with E-state index in [1.807, 2.05) is 5.38 Å². The Morgan fingerprint density at radius 2 is 1.68 bits per heavy atom. The normalized spacial score (nSPS) is 10.9. The predicted octanol–water partition coefficient (Wildman–Crippen LogP) is 5.37. The van der Waals surface area contributed by atoms with Crippen LogP contribution in [0.15, 0.2) is 65.3 Å². The molecule has 28 heavy (non-hydrogen) atoms. The fraction of sp³-hybridized carbons (Fsp3) is 0.0500. The van der Waals surface area contributed by atoms with Gasteiger partial charge in [-0.25, -0.2) is 18.7 Å². The zero-order valence-electron chi connectivity index (χ0n) is 14.4. The van der Waals surface area contributed by atoms with Crippen LogP contribution in [-0.2, 0) is 4.79 Å². The van der Waals surface area contributed by atoms with Gasteiger partial charge in [0.05, 0.1) is 11.1 Å². The minimum absolute atomic E-state index is 0.141. The maximum Gasteiger partial charge on any atom is 0.234 e. The molecule has 0 atom stereocenters. The van der Waals surface area contributed by atoms with Crippen LogP contribution in [0.2, 0.25) is 0 Å². The summed E-state index contributed by atoms with van der Waals surface area (Å²) in [5.41, 5.74) is 2.30.